The van der Waals surface area contributed by atoms with Gasteiger partial charge in [-0.05, 0) is 24.1 Å². The minimum absolute atomic E-state index is 0.160. The quantitative estimate of drug-likeness (QED) is 0.844. The lowest BCUT2D eigenvalue weighted by Crippen LogP contribution is -2.43. The van der Waals surface area contributed by atoms with Crippen LogP contribution in [0.15, 0.2) is 41.1 Å². The van der Waals surface area contributed by atoms with E-state index in [9.17, 15) is 4.79 Å². The number of nitrogens with zero attached hydrogens (tertiary/aromatic N) is 2. The Morgan fingerprint density at radius 1 is 1.46 bits per heavy atom. The highest BCUT2D eigenvalue weighted by atomic mass is 16.5. The Hall–Kier alpha value is -2.54. The molecule has 1 fully saturated rings. The summed E-state index contributed by atoms with van der Waals surface area (Å²) in [5.74, 6) is 1.36. The number of amides is 2. The lowest BCUT2D eigenvalue weighted by Gasteiger charge is -2.17. The number of aromatic nitrogens is 1. The molecule has 2 amide bonds. The van der Waals surface area contributed by atoms with E-state index in [0.29, 0.717) is 12.4 Å². The molecule has 2 N–H and O–H groups in total. The van der Waals surface area contributed by atoms with Gasteiger partial charge in [-0.25, -0.2) is 9.78 Å². The zero-order chi connectivity index (χ0) is 16.8. The summed E-state index contributed by atoms with van der Waals surface area (Å²) in [5, 5.41) is 5.81. The van der Waals surface area contributed by atoms with Crippen molar-refractivity contribution in [3.8, 4) is 5.88 Å². The minimum Gasteiger partial charge on any atom is -0.481 e. The van der Waals surface area contributed by atoms with E-state index in [0.717, 1.165) is 37.4 Å². The van der Waals surface area contributed by atoms with Crippen LogP contribution in [0.1, 0.15) is 17.7 Å². The van der Waals surface area contributed by atoms with Crippen LogP contribution in [0.3, 0.4) is 0 Å². The number of hydrogen-bond acceptors (Lipinski definition) is 5. The third-order valence-electron chi connectivity index (χ3n) is 4.02. The van der Waals surface area contributed by atoms with Gasteiger partial charge in [-0.3, -0.25) is 4.90 Å². The third kappa shape index (κ3) is 4.48. The number of hydrogen-bond donors (Lipinski definition) is 2. The number of ether oxygens (including phenoxy) is 1. The molecule has 0 aromatic carbocycles. The van der Waals surface area contributed by atoms with Gasteiger partial charge in [0.1, 0.15) is 5.76 Å². The first kappa shape index (κ1) is 16.3. The molecule has 0 bridgehead atoms. The van der Waals surface area contributed by atoms with E-state index >= 15 is 0 Å². The molecule has 0 radical (unpaired) electrons. The SMILES string of the molecule is COc1ccc(CN2CC[C@@H](NC(=O)NCc3ccco3)C2)cn1. The predicted molar refractivity (Wildman–Crippen MR) is 88.6 cm³/mol. The summed E-state index contributed by atoms with van der Waals surface area (Å²) < 4.78 is 10.3. The van der Waals surface area contributed by atoms with Crippen molar-refractivity contribution in [2.45, 2.75) is 25.6 Å². The van der Waals surface area contributed by atoms with Gasteiger partial charge in [0.15, 0.2) is 0 Å². The van der Waals surface area contributed by atoms with Crippen LogP contribution in [0.2, 0.25) is 0 Å². The van der Waals surface area contributed by atoms with Crippen molar-refractivity contribution < 1.29 is 13.9 Å². The summed E-state index contributed by atoms with van der Waals surface area (Å²) in [6.45, 7) is 3.01. The fourth-order valence-electron chi connectivity index (χ4n) is 2.79. The maximum absolute atomic E-state index is 11.9. The molecule has 0 aliphatic carbocycles. The fraction of sp³-hybridized carbons (Fsp3) is 0.412. The Labute approximate surface area is 141 Å². The molecular formula is C17H22N4O3. The van der Waals surface area contributed by atoms with Gasteiger partial charge in [0, 0.05) is 37.9 Å². The summed E-state index contributed by atoms with van der Waals surface area (Å²) in [4.78, 5) is 18.4. The Morgan fingerprint density at radius 2 is 2.38 bits per heavy atom. The monoisotopic (exact) mass is 330 g/mol. The van der Waals surface area contributed by atoms with E-state index in [1.165, 1.54) is 0 Å². The molecule has 1 aliphatic rings. The van der Waals surface area contributed by atoms with Crippen LogP contribution in [0.4, 0.5) is 4.79 Å². The minimum atomic E-state index is -0.163. The first-order valence-electron chi connectivity index (χ1n) is 8.01. The molecular weight excluding hydrogens is 308 g/mol. The van der Waals surface area contributed by atoms with Crippen molar-refractivity contribution in [3.63, 3.8) is 0 Å². The van der Waals surface area contributed by atoms with Gasteiger partial charge >= 0.3 is 6.03 Å². The summed E-state index contributed by atoms with van der Waals surface area (Å²) in [7, 11) is 1.61. The molecule has 3 heterocycles. The summed E-state index contributed by atoms with van der Waals surface area (Å²) >= 11 is 0. The van der Waals surface area contributed by atoms with E-state index in [4.69, 9.17) is 9.15 Å². The molecule has 0 unspecified atom stereocenters. The number of nitrogens with one attached hydrogen (secondary N) is 2. The molecule has 1 atom stereocenters. The largest absolute Gasteiger partial charge is 0.481 e. The van der Waals surface area contributed by atoms with Crippen molar-refractivity contribution in [2.75, 3.05) is 20.2 Å². The molecule has 2 aromatic rings. The van der Waals surface area contributed by atoms with Crippen LogP contribution in [0.25, 0.3) is 0 Å². The molecule has 0 saturated carbocycles. The molecule has 1 saturated heterocycles. The van der Waals surface area contributed by atoms with Gasteiger partial charge in [-0.2, -0.15) is 0 Å². The van der Waals surface area contributed by atoms with Crippen LogP contribution >= 0.6 is 0 Å². The van der Waals surface area contributed by atoms with E-state index in [1.54, 1.807) is 19.4 Å². The van der Waals surface area contributed by atoms with Gasteiger partial charge in [0.25, 0.3) is 0 Å². The predicted octanol–water partition coefficient (Wildman–Crippen LogP) is 1.76. The normalized spacial score (nSPS) is 17.6. The Bertz CT molecular complexity index is 642. The lowest BCUT2D eigenvalue weighted by atomic mass is 10.2. The van der Waals surface area contributed by atoms with Crippen molar-refractivity contribution in [1.82, 2.24) is 20.5 Å². The fourth-order valence-corrected chi connectivity index (χ4v) is 2.79. The lowest BCUT2D eigenvalue weighted by molar-refractivity contribution is 0.234. The third-order valence-corrected chi connectivity index (χ3v) is 4.02. The number of likely N-dealkylation sites (tertiary alicyclic amines) is 1. The number of rotatable bonds is 6. The Kier molecular flexibility index (Phi) is 5.32. The molecule has 24 heavy (non-hydrogen) atoms. The number of pyridine rings is 1. The summed E-state index contributed by atoms with van der Waals surface area (Å²) in [5.41, 5.74) is 1.14. The molecule has 7 nitrogen and oxygen atoms in total. The first-order chi connectivity index (χ1) is 11.7. The smallest absolute Gasteiger partial charge is 0.315 e. The van der Waals surface area contributed by atoms with Crippen LogP contribution in [0, 0.1) is 0 Å². The van der Waals surface area contributed by atoms with Gasteiger partial charge < -0.3 is 19.8 Å². The maximum Gasteiger partial charge on any atom is 0.315 e. The van der Waals surface area contributed by atoms with E-state index < -0.39 is 0 Å². The van der Waals surface area contributed by atoms with Crippen LogP contribution in [0.5, 0.6) is 5.88 Å². The van der Waals surface area contributed by atoms with Crippen molar-refractivity contribution >= 4 is 6.03 Å². The summed E-state index contributed by atoms with van der Waals surface area (Å²) in [6, 6.07) is 7.52. The highest BCUT2D eigenvalue weighted by molar-refractivity contribution is 5.74. The van der Waals surface area contributed by atoms with Gasteiger partial charge in [0.05, 0.1) is 19.9 Å². The average Bonchev–Trinajstić information content (AvgIpc) is 3.26. The molecule has 1 aliphatic heterocycles. The number of carbonyl (C=O) groups excluding carboxylic acids is 1. The highest BCUT2D eigenvalue weighted by Gasteiger charge is 2.23. The Morgan fingerprint density at radius 3 is 3.08 bits per heavy atom. The molecule has 7 heteroatoms. The second-order valence-electron chi connectivity index (χ2n) is 5.84. The van der Waals surface area contributed by atoms with Gasteiger partial charge in [0.2, 0.25) is 5.88 Å². The van der Waals surface area contributed by atoms with Crippen molar-refractivity contribution in [1.29, 1.82) is 0 Å². The number of urea groups is 1. The number of methoxy groups -OCH3 is 1. The van der Waals surface area contributed by atoms with Gasteiger partial charge in [-0.1, -0.05) is 6.07 Å². The number of carbonyl (C=O) groups is 1. The summed E-state index contributed by atoms with van der Waals surface area (Å²) in [6.07, 6.45) is 4.37. The van der Waals surface area contributed by atoms with E-state index in [2.05, 4.69) is 20.5 Å². The standard InChI is InChI=1S/C17H22N4O3/c1-23-16-5-4-13(9-18-16)11-21-7-6-14(12-21)20-17(22)19-10-15-3-2-8-24-15/h2-5,8-9,14H,6-7,10-12H2,1H3,(H2,19,20,22)/t14-/m1/s1. The number of furan rings is 1. The highest BCUT2D eigenvalue weighted by Crippen LogP contribution is 2.14. The van der Waals surface area contributed by atoms with Gasteiger partial charge in [-0.15, -0.1) is 0 Å². The van der Waals surface area contributed by atoms with Crippen LogP contribution in [-0.2, 0) is 13.1 Å². The van der Waals surface area contributed by atoms with Crippen molar-refractivity contribution in [2.24, 2.45) is 0 Å². The average molecular weight is 330 g/mol. The van der Waals surface area contributed by atoms with Crippen molar-refractivity contribution in [3.05, 3.63) is 48.0 Å². The molecule has 128 valence electrons. The Balaban J connectivity index is 1.40. The maximum atomic E-state index is 11.9. The molecule has 0 spiro atoms. The van der Waals surface area contributed by atoms with E-state index in [-0.39, 0.29) is 12.1 Å². The molecule has 3 rings (SSSR count). The topological polar surface area (TPSA) is 79.6 Å². The zero-order valence-corrected chi connectivity index (χ0v) is 13.7. The molecule has 2 aromatic heterocycles. The zero-order valence-electron chi connectivity index (χ0n) is 13.7. The van der Waals surface area contributed by atoms with Crippen LogP contribution < -0.4 is 15.4 Å². The second kappa shape index (κ2) is 7.83. The first-order valence-corrected chi connectivity index (χ1v) is 8.01. The van der Waals surface area contributed by atoms with Crippen LogP contribution in [-0.4, -0.2) is 42.2 Å². The second-order valence-corrected chi connectivity index (χ2v) is 5.84. The van der Waals surface area contributed by atoms with E-state index in [1.807, 2.05) is 24.4 Å².